The average molecular weight is 273 g/mol. The minimum absolute atomic E-state index is 0.201. The molecule has 2 N–H and O–H groups in total. The Hall–Kier alpha value is -1.97. The number of nitrogens with two attached hydrogens (primary N) is 1. The van der Waals surface area contributed by atoms with Gasteiger partial charge in [-0.15, -0.1) is 0 Å². The molecule has 4 heteroatoms. The Bertz CT molecular complexity index is 600. The van der Waals surface area contributed by atoms with E-state index in [0.717, 1.165) is 11.4 Å². The molecule has 0 saturated carbocycles. The number of benzene rings is 1. The van der Waals surface area contributed by atoms with Crippen LogP contribution in [0.25, 0.3) is 0 Å². The number of hydrogen-bond donors (Lipinski definition) is 1. The van der Waals surface area contributed by atoms with Crippen LogP contribution < -0.4 is 10.5 Å². The lowest BCUT2D eigenvalue weighted by atomic mass is 10.0. The lowest BCUT2D eigenvalue weighted by Gasteiger charge is -2.16. The third-order valence-corrected chi connectivity index (χ3v) is 3.32. The fourth-order valence-electron chi connectivity index (χ4n) is 2.15. The zero-order valence-corrected chi connectivity index (χ0v) is 12.8. The molecule has 0 atom stereocenters. The van der Waals surface area contributed by atoms with Crippen molar-refractivity contribution in [3.63, 3.8) is 0 Å². The molecule has 0 spiro atoms. The first kappa shape index (κ1) is 14.4. The molecule has 1 aromatic carbocycles. The number of rotatable bonds is 4. The molecule has 0 aliphatic carbocycles. The Labute approximate surface area is 120 Å². The number of anilines is 1. The van der Waals surface area contributed by atoms with Crippen LogP contribution in [0.1, 0.15) is 50.9 Å². The largest absolute Gasteiger partial charge is 0.437 e. The van der Waals surface area contributed by atoms with Crippen LogP contribution in [0.3, 0.4) is 0 Å². The fraction of sp³-hybridized carbons (Fsp3) is 0.438. The summed E-state index contributed by atoms with van der Waals surface area (Å²) in [6.45, 7) is 10.3. The topological polar surface area (TPSA) is 53.1 Å². The highest BCUT2D eigenvalue weighted by Gasteiger charge is 2.18. The Morgan fingerprint density at radius 2 is 1.80 bits per heavy atom. The van der Waals surface area contributed by atoms with E-state index in [-0.39, 0.29) is 6.04 Å². The van der Waals surface area contributed by atoms with Crippen molar-refractivity contribution < 1.29 is 4.74 Å². The Morgan fingerprint density at radius 1 is 1.15 bits per heavy atom. The number of nitrogens with zero attached hydrogens (tertiary/aromatic N) is 2. The second-order valence-corrected chi connectivity index (χ2v) is 5.64. The van der Waals surface area contributed by atoms with Crippen molar-refractivity contribution in [2.45, 2.75) is 46.6 Å². The summed E-state index contributed by atoms with van der Waals surface area (Å²) in [5.41, 5.74) is 8.68. The predicted molar refractivity (Wildman–Crippen MR) is 82.4 cm³/mol. The second kappa shape index (κ2) is 5.57. The molecule has 2 aromatic rings. The number of hydrogen-bond acceptors (Lipinski definition) is 3. The van der Waals surface area contributed by atoms with Crippen molar-refractivity contribution in [3.05, 3.63) is 35.5 Å². The molecular weight excluding hydrogens is 250 g/mol. The third-order valence-electron chi connectivity index (χ3n) is 3.32. The molecule has 2 rings (SSSR count). The molecule has 0 bridgehead atoms. The molecule has 0 unspecified atom stereocenters. The smallest absolute Gasteiger partial charge is 0.241 e. The van der Waals surface area contributed by atoms with Crippen molar-refractivity contribution in [2.75, 3.05) is 5.73 Å². The van der Waals surface area contributed by atoms with Gasteiger partial charge in [0, 0.05) is 0 Å². The molecule has 0 aliphatic heterocycles. The van der Waals surface area contributed by atoms with Crippen molar-refractivity contribution in [3.8, 4) is 11.6 Å². The molecule has 20 heavy (non-hydrogen) atoms. The van der Waals surface area contributed by atoms with Gasteiger partial charge in [-0.05, 0) is 38.3 Å². The normalized spacial score (nSPS) is 11.3. The maximum atomic E-state index is 6.11. The van der Waals surface area contributed by atoms with Gasteiger partial charge in [-0.2, -0.15) is 5.10 Å². The molecule has 1 heterocycles. The van der Waals surface area contributed by atoms with Gasteiger partial charge in [0.1, 0.15) is 11.4 Å². The molecular formula is C16H23N3O. The van der Waals surface area contributed by atoms with Gasteiger partial charge in [0.25, 0.3) is 0 Å². The Morgan fingerprint density at radius 3 is 2.40 bits per heavy atom. The molecule has 4 nitrogen and oxygen atoms in total. The van der Waals surface area contributed by atoms with Crippen molar-refractivity contribution in [1.82, 2.24) is 9.78 Å². The van der Waals surface area contributed by atoms with E-state index in [1.807, 2.05) is 29.8 Å². The first-order chi connectivity index (χ1) is 9.41. The van der Waals surface area contributed by atoms with Gasteiger partial charge in [-0.1, -0.05) is 32.0 Å². The Kier molecular flexibility index (Phi) is 4.02. The minimum atomic E-state index is 0.201. The molecule has 108 valence electrons. The average Bonchev–Trinajstić information content (AvgIpc) is 2.67. The summed E-state index contributed by atoms with van der Waals surface area (Å²) in [7, 11) is 0. The van der Waals surface area contributed by atoms with Gasteiger partial charge >= 0.3 is 0 Å². The quantitative estimate of drug-likeness (QED) is 0.905. The van der Waals surface area contributed by atoms with Crippen LogP contribution in [0.15, 0.2) is 24.3 Å². The molecule has 1 aromatic heterocycles. The number of nitrogen functional groups attached to an aromatic ring is 1. The highest BCUT2D eigenvalue weighted by molar-refractivity contribution is 5.54. The molecule has 0 radical (unpaired) electrons. The predicted octanol–water partition coefficient (Wildman–Crippen LogP) is 4.27. The van der Waals surface area contributed by atoms with Gasteiger partial charge < -0.3 is 10.5 Å². The van der Waals surface area contributed by atoms with Crippen molar-refractivity contribution >= 4 is 5.69 Å². The van der Waals surface area contributed by atoms with Gasteiger partial charge in [0.05, 0.1) is 11.7 Å². The summed E-state index contributed by atoms with van der Waals surface area (Å²) in [5.74, 6) is 1.87. The van der Waals surface area contributed by atoms with Crippen LogP contribution in [0.4, 0.5) is 5.69 Å². The van der Waals surface area contributed by atoms with Gasteiger partial charge in [0.2, 0.25) is 5.88 Å². The van der Waals surface area contributed by atoms with E-state index in [2.05, 4.69) is 38.9 Å². The summed E-state index contributed by atoms with van der Waals surface area (Å²) in [5, 5.41) is 4.45. The lowest BCUT2D eigenvalue weighted by molar-refractivity contribution is 0.385. The summed E-state index contributed by atoms with van der Waals surface area (Å²) in [6.07, 6.45) is 0. The highest BCUT2D eigenvalue weighted by atomic mass is 16.5. The molecule has 0 saturated heterocycles. The van der Waals surface area contributed by atoms with Gasteiger partial charge in [0.15, 0.2) is 0 Å². The summed E-state index contributed by atoms with van der Waals surface area (Å²) < 4.78 is 7.93. The standard InChI is InChI=1S/C16H23N3O/c1-10(2)13-8-6-7-9-14(13)20-16-15(17)12(5)18-19(16)11(3)4/h6-11H,17H2,1-5H3. The van der Waals surface area contributed by atoms with E-state index < -0.39 is 0 Å². The van der Waals surface area contributed by atoms with Crippen LogP contribution in [-0.2, 0) is 0 Å². The van der Waals surface area contributed by atoms with Gasteiger partial charge in [-0.3, -0.25) is 0 Å². The van der Waals surface area contributed by atoms with Gasteiger partial charge in [-0.25, -0.2) is 4.68 Å². The summed E-state index contributed by atoms with van der Waals surface area (Å²) in [6, 6.07) is 8.25. The summed E-state index contributed by atoms with van der Waals surface area (Å²) >= 11 is 0. The van der Waals surface area contributed by atoms with Crippen LogP contribution in [0.2, 0.25) is 0 Å². The maximum Gasteiger partial charge on any atom is 0.241 e. The third kappa shape index (κ3) is 2.64. The van der Waals surface area contributed by atoms with E-state index in [0.29, 0.717) is 17.5 Å². The van der Waals surface area contributed by atoms with Crippen LogP contribution in [0.5, 0.6) is 11.6 Å². The van der Waals surface area contributed by atoms with E-state index >= 15 is 0 Å². The number of para-hydroxylation sites is 1. The zero-order chi connectivity index (χ0) is 14.9. The minimum Gasteiger partial charge on any atom is -0.437 e. The molecule has 0 amide bonds. The van der Waals surface area contributed by atoms with E-state index in [1.54, 1.807) is 0 Å². The number of aromatic nitrogens is 2. The zero-order valence-electron chi connectivity index (χ0n) is 12.8. The number of aryl methyl sites for hydroxylation is 1. The SMILES string of the molecule is Cc1nn(C(C)C)c(Oc2ccccc2C(C)C)c1N. The molecule has 0 fully saturated rings. The van der Waals surface area contributed by atoms with E-state index in [9.17, 15) is 0 Å². The van der Waals surface area contributed by atoms with Crippen LogP contribution >= 0.6 is 0 Å². The number of ether oxygens (including phenoxy) is 1. The van der Waals surface area contributed by atoms with Crippen molar-refractivity contribution in [1.29, 1.82) is 0 Å². The van der Waals surface area contributed by atoms with Crippen molar-refractivity contribution in [2.24, 2.45) is 0 Å². The first-order valence-corrected chi connectivity index (χ1v) is 7.03. The van der Waals surface area contributed by atoms with E-state index in [4.69, 9.17) is 10.5 Å². The highest BCUT2D eigenvalue weighted by Crippen LogP contribution is 2.35. The lowest BCUT2D eigenvalue weighted by Crippen LogP contribution is -2.06. The summed E-state index contributed by atoms with van der Waals surface area (Å²) in [4.78, 5) is 0. The maximum absolute atomic E-state index is 6.11. The second-order valence-electron chi connectivity index (χ2n) is 5.64. The molecule has 0 aliphatic rings. The monoisotopic (exact) mass is 273 g/mol. The fourth-order valence-corrected chi connectivity index (χ4v) is 2.15. The first-order valence-electron chi connectivity index (χ1n) is 7.03. The van der Waals surface area contributed by atoms with Crippen LogP contribution in [-0.4, -0.2) is 9.78 Å². The Balaban J connectivity index is 2.45. The van der Waals surface area contributed by atoms with Crippen LogP contribution in [0, 0.1) is 6.92 Å². The van der Waals surface area contributed by atoms with E-state index in [1.165, 1.54) is 5.56 Å².